The standard InChI is InChI=1S/C12H19N3OS/c1-16-8-7-15(6-4-12(13)17)10-11-3-2-5-14-9-11/h2-3,5,9H,4,6-8,10H2,1H3,(H2,13,17). The average molecular weight is 253 g/mol. The molecule has 0 aromatic carbocycles. The second-order valence-corrected chi connectivity index (χ2v) is 4.37. The molecular weight excluding hydrogens is 234 g/mol. The van der Waals surface area contributed by atoms with Crippen LogP contribution in [0.4, 0.5) is 0 Å². The van der Waals surface area contributed by atoms with Crippen molar-refractivity contribution in [2.75, 3.05) is 26.8 Å². The van der Waals surface area contributed by atoms with Gasteiger partial charge in [-0.25, -0.2) is 0 Å². The van der Waals surface area contributed by atoms with Crippen LogP contribution >= 0.6 is 12.2 Å². The molecule has 94 valence electrons. The third-order valence-electron chi connectivity index (χ3n) is 2.42. The summed E-state index contributed by atoms with van der Waals surface area (Å²) in [4.78, 5) is 6.92. The molecule has 17 heavy (non-hydrogen) atoms. The molecule has 0 saturated carbocycles. The number of ether oxygens (including phenoxy) is 1. The maximum absolute atomic E-state index is 5.52. The molecule has 0 fully saturated rings. The monoisotopic (exact) mass is 253 g/mol. The van der Waals surface area contributed by atoms with Gasteiger partial charge in [0.1, 0.15) is 0 Å². The van der Waals surface area contributed by atoms with E-state index in [0.29, 0.717) is 11.6 Å². The highest BCUT2D eigenvalue weighted by atomic mass is 32.1. The van der Waals surface area contributed by atoms with E-state index >= 15 is 0 Å². The molecule has 0 atom stereocenters. The summed E-state index contributed by atoms with van der Waals surface area (Å²) < 4.78 is 5.10. The Morgan fingerprint density at radius 2 is 2.35 bits per heavy atom. The van der Waals surface area contributed by atoms with Crippen LogP contribution < -0.4 is 5.73 Å². The SMILES string of the molecule is COCCN(CCC(N)=S)Cc1cccnc1. The third-order valence-corrected chi connectivity index (χ3v) is 2.62. The normalized spacial score (nSPS) is 10.7. The van der Waals surface area contributed by atoms with E-state index in [1.165, 1.54) is 5.56 Å². The van der Waals surface area contributed by atoms with Gasteiger partial charge in [-0.05, 0) is 11.6 Å². The van der Waals surface area contributed by atoms with Crippen LogP contribution in [0.2, 0.25) is 0 Å². The largest absolute Gasteiger partial charge is 0.393 e. The highest BCUT2D eigenvalue weighted by molar-refractivity contribution is 7.80. The molecule has 0 amide bonds. The number of nitrogens with zero attached hydrogens (tertiary/aromatic N) is 2. The van der Waals surface area contributed by atoms with Crippen LogP contribution in [0.15, 0.2) is 24.5 Å². The van der Waals surface area contributed by atoms with E-state index in [1.807, 2.05) is 12.3 Å². The summed E-state index contributed by atoms with van der Waals surface area (Å²) in [6.07, 6.45) is 4.39. The van der Waals surface area contributed by atoms with Crippen LogP contribution in [0.5, 0.6) is 0 Å². The molecule has 0 spiro atoms. The lowest BCUT2D eigenvalue weighted by Crippen LogP contribution is -2.30. The number of pyridine rings is 1. The number of aromatic nitrogens is 1. The second kappa shape index (κ2) is 8.11. The molecule has 4 nitrogen and oxygen atoms in total. The van der Waals surface area contributed by atoms with Crippen molar-refractivity contribution in [3.8, 4) is 0 Å². The topological polar surface area (TPSA) is 51.4 Å². The van der Waals surface area contributed by atoms with Gasteiger partial charge in [0.15, 0.2) is 0 Å². The van der Waals surface area contributed by atoms with E-state index in [-0.39, 0.29) is 0 Å². The fraction of sp³-hybridized carbons (Fsp3) is 0.500. The van der Waals surface area contributed by atoms with Crippen LogP contribution in [0, 0.1) is 0 Å². The number of hydrogen-bond donors (Lipinski definition) is 1. The first kappa shape index (κ1) is 14.0. The molecule has 0 aliphatic rings. The zero-order valence-electron chi connectivity index (χ0n) is 10.1. The van der Waals surface area contributed by atoms with Gasteiger partial charge in [-0.3, -0.25) is 9.88 Å². The Balaban J connectivity index is 2.47. The molecule has 0 aliphatic carbocycles. The lowest BCUT2D eigenvalue weighted by atomic mass is 10.2. The van der Waals surface area contributed by atoms with Crippen LogP contribution in [0.25, 0.3) is 0 Å². The van der Waals surface area contributed by atoms with Crippen LogP contribution in [0.1, 0.15) is 12.0 Å². The van der Waals surface area contributed by atoms with Crippen molar-refractivity contribution < 1.29 is 4.74 Å². The Bertz CT molecular complexity index is 332. The van der Waals surface area contributed by atoms with Gasteiger partial charge in [-0.2, -0.15) is 0 Å². The molecule has 0 bridgehead atoms. The Morgan fingerprint density at radius 1 is 1.53 bits per heavy atom. The van der Waals surface area contributed by atoms with Gasteiger partial charge in [0, 0.05) is 45.6 Å². The van der Waals surface area contributed by atoms with Gasteiger partial charge >= 0.3 is 0 Å². The third kappa shape index (κ3) is 6.31. The van der Waals surface area contributed by atoms with E-state index < -0.39 is 0 Å². The summed E-state index contributed by atoms with van der Waals surface area (Å²) in [6, 6.07) is 4.00. The molecule has 0 radical (unpaired) electrons. The molecule has 2 N–H and O–H groups in total. The Hall–Kier alpha value is -1.04. The van der Waals surface area contributed by atoms with Crippen molar-refractivity contribution in [2.24, 2.45) is 5.73 Å². The van der Waals surface area contributed by atoms with E-state index in [0.717, 1.165) is 26.1 Å². The van der Waals surface area contributed by atoms with Crippen molar-refractivity contribution in [1.29, 1.82) is 0 Å². The summed E-state index contributed by atoms with van der Waals surface area (Å²) >= 11 is 4.90. The number of hydrogen-bond acceptors (Lipinski definition) is 4. The summed E-state index contributed by atoms with van der Waals surface area (Å²) in [5, 5.41) is 0. The van der Waals surface area contributed by atoms with Gasteiger partial charge in [0.05, 0.1) is 11.6 Å². The number of thiocarbonyl (C=S) groups is 1. The van der Waals surface area contributed by atoms with Crippen molar-refractivity contribution >= 4 is 17.2 Å². The fourth-order valence-electron chi connectivity index (χ4n) is 1.51. The predicted octanol–water partition coefficient (Wildman–Crippen LogP) is 1.21. The molecule has 0 aliphatic heterocycles. The van der Waals surface area contributed by atoms with Gasteiger partial charge < -0.3 is 10.5 Å². The van der Waals surface area contributed by atoms with Gasteiger partial charge in [0.25, 0.3) is 0 Å². The van der Waals surface area contributed by atoms with E-state index in [1.54, 1.807) is 13.3 Å². The fourth-order valence-corrected chi connectivity index (χ4v) is 1.60. The first-order valence-corrected chi connectivity index (χ1v) is 6.01. The first-order chi connectivity index (χ1) is 8.22. The zero-order valence-corrected chi connectivity index (χ0v) is 10.9. The van der Waals surface area contributed by atoms with Crippen molar-refractivity contribution in [1.82, 2.24) is 9.88 Å². The highest BCUT2D eigenvalue weighted by Gasteiger charge is 2.06. The summed E-state index contributed by atoms with van der Waals surface area (Å²) in [5.74, 6) is 0. The predicted molar refractivity (Wildman–Crippen MR) is 72.8 cm³/mol. The lowest BCUT2D eigenvalue weighted by molar-refractivity contribution is 0.146. The van der Waals surface area contributed by atoms with E-state index in [2.05, 4.69) is 16.0 Å². The van der Waals surface area contributed by atoms with E-state index in [9.17, 15) is 0 Å². The van der Waals surface area contributed by atoms with Crippen molar-refractivity contribution in [2.45, 2.75) is 13.0 Å². The first-order valence-electron chi connectivity index (χ1n) is 5.61. The van der Waals surface area contributed by atoms with Gasteiger partial charge in [-0.15, -0.1) is 0 Å². The lowest BCUT2D eigenvalue weighted by Gasteiger charge is -2.21. The minimum absolute atomic E-state index is 0.554. The summed E-state index contributed by atoms with van der Waals surface area (Å²) in [6.45, 7) is 3.28. The molecular formula is C12H19N3OS. The quantitative estimate of drug-likeness (QED) is 0.706. The molecule has 1 heterocycles. The Kier molecular flexibility index (Phi) is 6.69. The highest BCUT2D eigenvalue weighted by Crippen LogP contribution is 2.03. The minimum atomic E-state index is 0.554. The van der Waals surface area contributed by atoms with Crippen LogP contribution in [-0.4, -0.2) is 41.7 Å². The molecule has 1 aromatic heterocycles. The smallest absolute Gasteiger partial charge is 0.0740 e. The van der Waals surface area contributed by atoms with Gasteiger partial charge in [0.2, 0.25) is 0 Å². The number of methoxy groups -OCH3 is 1. The number of nitrogens with two attached hydrogens (primary N) is 1. The zero-order chi connectivity index (χ0) is 12.5. The second-order valence-electron chi connectivity index (χ2n) is 3.85. The van der Waals surface area contributed by atoms with Crippen LogP contribution in [-0.2, 0) is 11.3 Å². The maximum Gasteiger partial charge on any atom is 0.0740 e. The summed E-state index contributed by atoms with van der Waals surface area (Å²) in [5.41, 5.74) is 6.71. The summed E-state index contributed by atoms with van der Waals surface area (Å²) in [7, 11) is 1.70. The Morgan fingerprint density at radius 3 is 2.94 bits per heavy atom. The molecule has 5 heteroatoms. The molecule has 1 aromatic rings. The molecule has 0 saturated heterocycles. The minimum Gasteiger partial charge on any atom is -0.393 e. The van der Waals surface area contributed by atoms with Crippen molar-refractivity contribution in [3.05, 3.63) is 30.1 Å². The van der Waals surface area contributed by atoms with E-state index in [4.69, 9.17) is 22.7 Å². The van der Waals surface area contributed by atoms with Gasteiger partial charge in [-0.1, -0.05) is 18.3 Å². The maximum atomic E-state index is 5.52. The average Bonchev–Trinajstić information content (AvgIpc) is 2.34. The molecule has 1 rings (SSSR count). The number of rotatable bonds is 8. The van der Waals surface area contributed by atoms with Crippen LogP contribution in [0.3, 0.4) is 0 Å². The molecule has 0 unspecified atom stereocenters. The Labute approximate surface area is 108 Å². The van der Waals surface area contributed by atoms with Crippen molar-refractivity contribution in [3.63, 3.8) is 0 Å².